The molecule has 0 amide bonds. The molecule has 3 nitrogen and oxygen atoms in total. The quantitative estimate of drug-likeness (QED) is 0.147. The summed E-state index contributed by atoms with van der Waals surface area (Å²) < 4.78 is 7.12. The molecule has 0 N–H and O–H groups in total. The van der Waals surface area contributed by atoms with Crippen molar-refractivity contribution in [3.8, 4) is 22.3 Å². The van der Waals surface area contributed by atoms with E-state index >= 15 is 0 Å². The lowest BCUT2D eigenvalue weighted by atomic mass is 9.97. The maximum atomic E-state index is 7.12. The van der Waals surface area contributed by atoms with Crippen LogP contribution < -0.4 is 9.80 Å². The van der Waals surface area contributed by atoms with Crippen molar-refractivity contribution in [2.75, 3.05) is 9.80 Å². The topological polar surface area (TPSA) is 19.6 Å². The molecule has 0 bridgehead atoms. The molecule has 55 heavy (non-hydrogen) atoms. The van der Waals surface area contributed by atoms with Gasteiger partial charge in [0.1, 0.15) is 5.58 Å². The highest BCUT2D eigenvalue weighted by Crippen LogP contribution is 2.54. The molecule has 1 heterocycles. The Labute approximate surface area is 320 Å². The number of furan rings is 1. The molecule has 10 aromatic rings. The minimum absolute atomic E-state index is 0.823. The zero-order valence-electron chi connectivity index (χ0n) is 30.1. The monoisotopic (exact) mass is 704 g/mol. The molecule has 0 saturated carbocycles. The van der Waals surface area contributed by atoms with E-state index in [-0.39, 0.29) is 0 Å². The van der Waals surface area contributed by atoms with Gasteiger partial charge in [0, 0.05) is 38.9 Å². The van der Waals surface area contributed by atoms with Crippen LogP contribution in [0, 0.1) is 0 Å². The molecular weight excluding hydrogens is 669 g/mol. The standard InChI is InChI=1S/C52H36N2O/c1-5-19-37(20-6-1)39-23-17-29-43(35-39)53(41-25-9-3-10-26-41)50-45-31-13-14-32-46(45)51(52-49(50)47-33-15-16-34-48(47)55-52)54(42-27-11-4-12-28-42)44-30-18-24-40(36-44)38-21-7-2-8-22-38/h1-36H. The molecule has 0 aliphatic carbocycles. The third kappa shape index (κ3) is 5.80. The average molecular weight is 705 g/mol. The molecule has 3 heteroatoms. The van der Waals surface area contributed by atoms with Gasteiger partial charge >= 0.3 is 0 Å². The molecule has 0 aliphatic heterocycles. The van der Waals surface area contributed by atoms with Crippen LogP contribution in [0.3, 0.4) is 0 Å². The van der Waals surface area contributed by atoms with Gasteiger partial charge in [0.15, 0.2) is 5.58 Å². The molecule has 260 valence electrons. The number of para-hydroxylation sites is 3. The van der Waals surface area contributed by atoms with Crippen LogP contribution in [0.25, 0.3) is 55.0 Å². The van der Waals surface area contributed by atoms with E-state index in [1.165, 1.54) is 11.1 Å². The molecule has 0 saturated heterocycles. The van der Waals surface area contributed by atoms with Crippen LogP contribution in [0.4, 0.5) is 34.1 Å². The van der Waals surface area contributed by atoms with Crippen molar-refractivity contribution in [1.82, 2.24) is 0 Å². The lowest BCUT2D eigenvalue weighted by molar-refractivity contribution is 0.669. The van der Waals surface area contributed by atoms with E-state index in [0.717, 1.165) is 78.0 Å². The van der Waals surface area contributed by atoms with Crippen LogP contribution in [0.2, 0.25) is 0 Å². The zero-order chi connectivity index (χ0) is 36.6. The fourth-order valence-corrected chi connectivity index (χ4v) is 7.93. The van der Waals surface area contributed by atoms with Gasteiger partial charge in [-0.2, -0.15) is 0 Å². The van der Waals surface area contributed by atoms with Gasteiger partial charge in [0.2, 0.25) is 0 Å². The van der Waals surface area contributed by atoms with Gasteiger partial charge in [-0.15, -0.1) is 0 Å². The lowest BCUT2D eigenvalue weighted by Crippen LogP contribution is -2.14. The Morgan fingerprint density at radius 1 is 0.291 bits per heavy atom. The number of anilines is 6. The Morgan fingerprint density at radius 3 is 1.20 bits per heavy atom. The maximum Gasteiger partial charge on any atom is 0.162 e. The smallest absolute Gasteiger partial charge is 0.162 e. The summed E-state index contributed by atoms with van der Waals surface area (Å²) in [6.07, 6.45) is 0. The Hall–Kier alpha value is -7.36. The SMILES string of the molecule is c1ccc(-c2cccc(N(c3ccccc3)c3c4ccccc4c(N(c4ccccc4)c4cccc(-c5ccccc5)c4)c4c3oc3ccccc34)c2)cc1. The predicted molar refractivity (Wildman–Crippen MR) is 231 cm³/mol. The molecule has 0 aliphatic rings. The van der Waals surface area contributed by atoms with Crippen molar-refractivity contribution >= 4 is 66.8 Å². The molecule has 9 aromatic carbocycles. The van der Waals surface area contributed by atoms with Gasteiger partial charge in [0.05, 0.1) is 16.8 Å². The fourth-order valence-electron chi connectivity index (χ4n) is 7.93. The van der Waals surface area contributed by atoms with Gasteiger partial charge < -0.3 is 14.2 Å². The Balaban J connectivity index is 1.32. The highest BCUT2D eigenvalue weighted by molar-refractivity contribution is 6.28. The Bertz CT molecular complexity index is 2920. The van der Waals surface area contributed by atoms with Crippen LogP contribution in [0.15, 0.2) is 223 Å². The van der Waals surface area contributed by atoms with E-state index in [2.05, 4.69) is 228 Å². The fraction of sp³-hybridized carbons (Fsp3) is 0. The second kappa shape index (κ2) is 13.9. The summed E-state index contributed by atoms with van der Waals surface area (Å²) in [6.45, 7) is 0. The van der Waals surface area contributed by atoms with Crippen molar-refractivity contribution in [2.45, 2.75) is 0 Å². The summed E-state index contributed by atoms with van der Waals surface area (Å²) in [5.41, 5.74) is 12.6. The Morgan fingerprint density at radius 2 is 0.673 bits per heavy atom. The largest absolute Gasteiger partial charge is 0.454 e. The number of hydrogen-bond acceptors (Lipinski definition) is 3. The Kier molecular flexibility index (Phi) is 8.16. The van der Waals surface area contributed by atoms with Crippen molar-refractivity contribution in [3.63, 3.8) is 0 Å². The van der Waals surface area contributed by atoms with E-state index in [4.69, 9.17) is 4.42 Å². The number of rotatable bonds is 8. The molecule has 0 unspecified atom stereocenters. The second-order valence-electron chi connectivity index (χ2n) is 13.7. The van der Waals surface area contributed by atoms with Gasteiger partial charge in [-0.3, -0.25) is 0 Å². The van der Waals surface area contributed by atoms with Crippen LogP contribution in [-0.2, 0) is 0 Å². The van der Waals surface area contributed by atoms with Crippen LogP contribution in [-0.4, -0.2) is 0 Å². The number of hydrogen-bond donors (Lipinski definition) is 0. The van der Waals surface area contributed by atoms with Gasteiger partial charge in [-0.25, -0.2) is 0 Å². The molecule has 1 aromatic heterocycles. The van der Waals surface area contributed by atoms with Crippen molar-refractivity contribution < 1.29 is 4.42 Å². The van der Waals surface area contributed by atoms with Crippen LogP contribution in [0.1, 0.15) is 0 Å². The van der Waals surface area contributed by atoms with Gasteiger partial charge in [0.25, 0.3) is 0 Å². The van der Waals surface area contributed by atoms with Gasteiger partial charge in [-0.05, 0) is 76.9 Å². The summed E-state index contributed by atoms with van der Waals surface area (Å²) in [4.78, 5) is 4.78. The first-order chi connectivity index (χ1) is 27.3. The number of benzene rings is 9. The number of nitrogens with zero attached hydrogens (tertiary/aromatic N) is 2. The van der Waals surface area contributed by atoms with Crippen molar-refractivity contribution in [2.24, 2.45) is 0 Å². The highest BCUT2D eigenvalue weighted by Gasteiger charge is 2.29. The van der Waals surface area contributed by atoms with Crippen LogP contribution >= 0.6 is 0 Å². The first-order valence-electron chi connectivity index (χ1n) is 18.7. The molecule has 0 radical (unpaired) electrons. The van der Waals surface area contributed by atoms with Crippen molar-refractivity contribution in [3.05, 3.63) is 218 Å². The van der Waals surface area contributed by atoms with E-state index in [1.54, 1.807) is 0 Å². The summed E-state index contributed by atoms with van der Waals surface area (Å²) in [6, 6.07) is 77.4. The predicted octanol–water partition coefficient (Wildman–Crippen LogP) is 15.0. The average Bonchev–Trinajstić information content (AvgIpc) is 3.65. The minimum atomic E-state index is 0.823. The third-order valence-corrected chi connectivity index (χ3v) is 10.4. The first kappa shape index (κ1) is 32.3. The molecule has 0 fully saturated rings. The van der Waals surface area contributed by atoms with E-state index in [0.29, 0.717) is 0 Å². The van der Waals surface area contributed by atoms with Gasteiger partial charge in [-0.1, -0.05) is 164 Å². The summed E-state index contributed by atoms with van der Waals surface area (Å²) in [5.74, 6) is 0. The van der Waals surface area contributed by atoms with E-state index < -0.39 is 0 Å². The zero-order valence-corrected chi connectivity index (χ0v) is 30.1. The lowest BCUT2D eigenvalue weighted by Gasteiger charge is -2.31. The van der Waals surface area contributed by atoms with Crippen molar-refractivity contribution in [1.29, 1.82) is 0 Å². The maximum absolute atomic E-state index is 7.12. The van der Waals surface area contributed by atoms with E-state index in [1.807, 2.05) is 0 Å². The minimum Gasteiger partial charge on any atom is -0.454 e. The third-order valence-electron chi connectivity index (χ3n) is 10.4. The second-order valence-corrected chi connectivity index (χ2v) is 13.7. The highest BCUT2D eigenvalue weighted by atomic mass is 16.3. The molecular formula is C52H36N2O. The summed E-state index contributed by atoms with van der Waals surface area (Å²) in [5, 5.41) is 4.31. The summed E-state index contributed by atoms with van der Waals surface area (Å²) >= 11 is 0. The normalized spacial score (nSPS) is 11.3. The van der Waals surface area contributed by atoms with E-state index in [9.17, 15) is 0 Å². The molecule has 0 atom stereocenters. The molecule has 0 spiro atoms. The van der Waals surface area contributed by atoms with Crippen LogP contribution in [0.5, 0.6) is 0 Å². The number of fused-ring (bicyclic) bond motifs is 4. The molecule has 10 rings (SSSR count). The summed E-state index contributed by atoms with van der Waals surface area (Å²) in [7, 11) is 0. The first-order valence-corrected chi connectivity index (χ1v) is 18.7.